The Morgan fingerprint density at radius 2 is 2.07 bits per heavy atom. The molecule has 0 fully saturated rings. The molecule has 0 saturated heterocycles. The summed E-state index contributed by atoms with van der Waals surface area (Å²) in [6.45, 7) is 1.000. The molecule has 0 unspecified atom stereocenters. The Balaban J connectivity index is 2.49. The third kappa shape index (κ3) is 4.70. The molecule has 0 atom stereocenters. The lowest BCUT2D eigenvalue weighted by atomic mass is 10.1. The van der Waals surface area contributed by atoms with E-state index in [-0.39, 0.29) is 0 Å². The Bertz CT molecular complexity index is 334. The van der Waals surface area contributed by atoms with Crippen molar-refractivity contribution in [3.05, 3.63) is 46.0 Å². The van der Waals surface area contributed by atoms with Gasteiger partial charge in [-0.15, -0.1) is 0 Å². The van der Waals surface area contributed by atoms with Gasteiger partial charge in [0.15, 0.2) is 0 Å². The van der Waals surface area contributed by atoms with Gasteiger partial charge in [0.25, 0.3) is 0 Å². The van der Waals surface area contributed by atoms with E-state index in [1.807, 2.05) is 19.2 Å². The summed E-state index contributed by atoms with van der Waals surface area (Å²) in [6, 6.07) is 5.55. The first-order valence-corrected chi connectivity index (χ1v) is 5.73. The third-order valence-electron chi connectivity index (χ3n) is 2.07. The van der Waals surface area contributed by atoms with E-state index < -0.39 is 0 Å². The fraction of sp³-hybridized carbons (Fsp3) is 0.333. The van der Waals surface area contributed by atoms with Gasteiger partial charge >= 0.3 is 0 Å². The minimum atomic E-state index is 0.734. The molecular formula is C12H15Cl2N. The molecule has 0 bridgehead atoms. The van der Waals surface area contributed by atoms with E-state index in [9.17, 15) is 0 Å². The SMILES string of the molecule is CNCCC=CCc1cc(Cl)ccc1Cl. The largest absolute Gasteiger partial charge is 0.319 e. The Kier molecular flexibility index (Phi) is 5.77. The molecule has 0 saturated carbocycles. The van der Waals surface area contributed by atoms with Crippen LogP contribution in [0.4, 0.5) is 0 Å². The molecule has 0 heterocycles. The minimum absolute atomic E-state index is 0.734. The molecular weight excluding hydrogens is 229 g/mol. The van der Waals surface area contributed by atoms with E-state index in [1.165, 1.54) is 0 Å². The Morgan fingerprint density at radius 1 is 1.27 bits per heavy atom. The molecule has 0 aromatic heterocycles. The lowest BCUT2D eigenvalue weighted by Crippen LogP contribution is -2.05. The number of nitrogens with one attached hydrogen (secondary N) is 1. The standard InChI is InChI=1S/C12H15Cl2N/c1-15-8-4-2-3-5-10-9-11(13)6-7-12(10)14/h2-3,6-7,9,15H,4-5,8H2,1H3. The highest BCUT2D eigenvalue weighted by Gasteiger charge is 1.98. The Morgan fingerprint density at radius 3 is 2.80 bits per heavy atom. The number of hydrogen-bond donors (Lipinski definition) is 1. The van der Waals surface area contributed by atoms with Crippen molar-refractivity contribution in [2.75, 3.05) is 13.6 Å². The Hall–Kier alpha value is -0.500. The van der Waals surface area contributed by atoms with Gasteiger partial charge in [-0.1, -0.05) is 35.4 Å². The molecule has 1 aromatic rings. The Labute approximate surface area is 101 Å². The van der Waals surface area contributed by atoms with Crippen molar-refractivity contribution in [3.63, 3.8) is 0 Å². The van der Waals surface area contributed by atoms with E-state index in [0.29, 0.717) is 0 Å². The van der Waals surface area contributed by atoms with Gasteiger partial charge in [0, 0.05) is 10.0 Å². The number of allylic oxidation sites excluding steroid dienone is 1. The van der Waals surface area contributed by atoms with Crippen LogP contribution in [0.1, 0.15) is 12.0 Å². The second-order valence-electron chi connectivity index (χ2n) is 3.30. The van der Waals surface area contributed by atoms with Gasteiger partial charge in [0.2, 0.25) is 0 Å². The van der Waals surface area contributed by atoms with Crippen LogP contribution in [0.2, 0.25) is 10.0 Å². The van der Waals surface area contributed by atoms with Crippen LogP contribution in [-0.2, 0) is 6.42 Å². The molecule has 1 aromatic carbocycles. The van der Waals surface area contributed by atoms with Crippen molar-refractivity contribution in [1.82, 2.24) is 5.32 Å². The van der Waals surface area contributed by atoms with Crippen LogP contribution in [0.5, 0.6) is 0 Å². The quantitative estimate of drug-likeness (QED) is 0.615. The highest BCUT2D eigenvalue weighted by molar-refractivity contribution is 6.33. The maximum Gasteiger partial charge on any atom is 0.0442 e. The number of benzene rings is 1. The van der Waals surface area contributed by atoms with Crippen LogP contribution in [0.15, 0.2) is 30.4 Å². The van der Waals surface area contributed by atoms with E-state index >= 15 is 0 Å². The molecule has 0 amide bonds. The molecule has 0 radical (unpaired) electrons. The van der Waals surface area contributed by atoms with Gasteiger partial charge in [-0.05, 0) is 50.2 Å². The zero-order chi connectivity index (χ0) is 11.1. The van der Waals surface area contributed by atoms with Crippen LogP contribution < -0.4 is 5.32 Å². The van der Waals surface area contributed by atoms with Crippen molar-refractivity contribution in [2.24, 2.45) is 0 Å². The van der Waals surface area contributed by atoms with Gasteiger partial charge in [0.1, 0.15) is 0 Å². The van der Waals surface area contributed by atoms with Crippen LogP contribution >= 0.6 is 23.2 Å². The van der Waals surface area contributed by atoms with Crippen LogP contribution in [0.3, 0.4) is 0 Å². The number of halogens is 2. The van der Waals surface area contributed by atoms with E-state index in [1.54, 1.807) is 6.07 Å². The van der Waals surface area contributed by atoms with Gasteiger partial charge in [0.05, 0.1) is 0 Å². The summed E-state index contributed by atoms with van der Waals surface area (Å²) in [5.74, 6) is 0. The molecule has 15 heavy (non-hydrogen) atoms. The summed E-state index contributed by atoms with van der Waals surface area (Å²) >= 11 is 11.9. The second kappa shape index (κ2) is 6.89. The smallest absolute Gasteiger partial charge is 0.0442 e. The first-order chi connectivity index (χ1) is 7.24. The van der Waals surface area contributed by atoms with Crippen LogP contribution in [0, 0.1) is 0 Å². The lowest BCUT2D eigenvalue weighted by molar-refractivity contribution is 0.806. The first-order valence-electron chi connectivity index (χ1n) is 4.97. The van der Waals surface area contributed by atoms with E-state index in [4.69, 9.17) is 23.2 Å². The molecule has 1 nitrogen and oxygen atoms in total. The lowest BCUT2D eigenvalue weighted by Gasteiger charge is -2.01. The zero-order valence-corrected chi connectivity index (χ0v) is 10.3. The highest BCUT2D eigenvalue weighted by atomic mass is 35.5. The number of hydrogen-bond acceptors (Lipinski definition) is 1. The second-order valence-corrected chi connectivity index (χ2v) is 4.15. The predicted molar refractivity (Wildman–Crippen MR) is 67.8 cm³/mol. The topological polar surface area (TPSA) is 12.0 Å². The summed E-state index contributed by atoms with van der Waals surface area (Å²) in [6.07, 6.45) is 6.14. The average molecular weight is 244 g/mol. The van der Waals surface area contributed by atoms with Gasteiger partial charge in [-0.2, -0.15) is 0 Å². The molecule has 82 valence electrons. The van der Waals surface area contributed by atoms with Crippen molar-refractivity contribution >= 4 is 23.2 Å². The molecule has 0 aliphatic carbocycles. The molecule has 1 rings (SSSR count). The summed E-state index contributed by atoms with van der Waals surface area (Å²) in [5.41, 5.74) is 1.07. The van der Waals surface area contributed by atoms with Gasteiger partial charge < -0.3 is 5.32 Å². The van der Waals surface area contributed by atoms with E-state index in [2.05, 4.69) is 17.5 Å². The fourth-order valence-corrected chi connectivity index (χ4v) is 1.64. The van der Waals surface area contributed by atoms with Crippen LogP contribution in [0.25, 0.3) is 0 Å². The normalized spacial score (nSPS) is 11.1. The molecule has 1 N–H and O–H groups in total. The summed E-state index contributed by atoms with van der Waals surface area (Å²) in [4.78, 5) is 0. The monoisotopic (exact) mass is 243 g/mol. The number of rotatable bonds is 5. The van der Waals surface area contributed by atoms with Crippen molar-refractivity contribution in [2.45, 2.75) is 12.8 Å². The zero-order valence-electron chi connectivity index (χ0n) is 8.76. The van der Waals surface area contributed by atoms with E-state index in [0.717, 1.165) is 35.0 Å². The summed E-state index contributed by atoms with van der Waals surface area (Å²) in [5, 5.41) is 4.60. The predicted octanol–water partition coefficient (Wildman–Crippen LogP) is 3.70. The fourth-order valence-electron chi connectivity index (χ4n) is 1.26. The maximum absolute atomic E-state index is 6.03. The highest BCUT2D eigenvalue weighted by Crippen LogP contribution is 2.21. The average Bonchev–Trinajstić information content (AvgIpc) is 2.23. The minimum Gasteiger partial charge on any atom is -0.319 e. The summed E-state index contributed by atoms with van der Waals surface area (Å²) < 4.78 is 0. The van der Waals surface area contributed by atoms with Crippen LogP contribution in [-0.4, -0.2) is 13.6 Å². The maximum atomic E-state index is 6.03. The van der Waals surface area contributed by atoms with Gasteiger partial charge in [-0.25, -0.2) is 0 Å². The van der Waals surface area contributed by atoms with Crippen molar-refractivity contribution in [3.8, 4) is 0 Å². The molecule has 0 spiro atoms. The third-order valence-corrected chi connectivity index (χ3v) is 2.68. The van der Waals surface area contributed by atoms with Crippen molar-refractivity contribution in [1.29, 1.82) is 0 Å². The van der Waals surface area contributed by atoms with Crippen molar-refractivity contribution < 1.29 is 0 Å². The molecule has 0 aliphatic rings. The first kappa shape index (κ1) is 12.6. The summed E-state index contributed by atoms with van der Waals surface area (Å²) in [7, 11) is 1.95. The molecule has 0 aliphatic heterocycles. The molecule has 3 heteroatoms. The van der Waals surface area contributed by atoms with Gasteiger partial charge in [-0.3, -0.25) is 0 Å².